The van der Waals surface area contributed by atoms with Gasteiger partial charge >= 0.3 is 0 Å². The molecule has 6 nitrogen and oxygen atoms in total. The molecule has 0 bridgehead atoms. The van der Waals surface area contributed by atoms with Gasteiger partial charge < -0.3 is 0 Å². The number of nitrogens with zero attached hydrogens (tertiary/aromatic N) is 1. The monoisotopic (exact) mass is 360 g/mol. The lowest BCUT2D eigenvalue weighted by molar-refractivity contribution is 0.519. The molecule has 0 radical (unpaired) electrons. The van der Waals surface area contributed by atoms with Gasteiger partial charge in [0.1, 0.15) is 4.21 Å². The van der Waals surface area contributed by atoms with Gasteiger partial charge in [0.15, 0.2) is 0 Å². The zero-order valence-corrected chi connectivity index (χ0v) is 14.5. The second kappa shape index (κ2) is 6.47. The quantitative estimate of drug-likeness (QED) is 0.846. The van der Waals surface area contributed by atoms with E-state index in [1.807, 2.05) is 0 Å². The maximum absolute atomic E-state index is 12.3. The summed E-state index contributed by atoms with van der Waals surface area (Å²) >= 11 is 1.10. The zero-order chi connectivity index (χ0) is 16.4. The van der Waals surface area contributed by atoms with E-state index in [0.717, 1.165) is 15.6 Å². The molecule has 1 heterocycles. The van der Waals surface area contributed by atoms with Gasteiger partial charge in [0.2, 0.25) is 20.0 Å². The minimum Gasteiger partial charge on any atom is -0.207 e. The van der Waals surface area contributed by atoms with Gasteiger partial charge in [-0.3, -0.25) is 0 Å². The summed E-state index contributed by atoms with van der Waals surface area (Å²) in [6, 6.07) is 9.47. The summed E-state index contributed by atoms with van der Waals surface area (Å²) in [6.07, 6.45) is 0. The van der Waals surface area contributed by atoms with Gasteiger partial charge in [0.25, 0.3) is 0 Å². The molecule has 1 aromatic carbocycles. The van der Waals surface area contributed by atoms with Crippen LogP contribution in [0.3, 0.4) is 0 Å². The number of hydrogen-bond donors (Lipinski definition) is 1. The van der Waals surface area contributed by atoms with Crippen molar-refractivity contribution in [3.63, 3.8) is 0 Å². The maximum atomic E-state index is 12.3. The van der Waals surface area contributed by atoms with Crippen molar-refractivity contribution in [2.24, 2.45) is 0 Å². The first kappa shape index (κ1) is 17.1. The Bertz CT molecular complexity index is 841. The van der Waals surface area contributed by atoms with Crippen molar-refractivity contribution >= 4 is 31.4 Å². The Kier molecular flexibility index (Phi) is 5.03. The fourth-order valence-electron chi connectivity index (χ4n) is 1.76. The molecule has 1 aromatic heterocycles. The standard InChI is InChI=1S/C13H16N2O4S3/c1-15(2)22(18,19)12-7-4-3-6-11(12)10-14-21(16,17)13-8-5-9-20-13/h3-9,14H,10H2,1-2H3. The molecule has 0 aliphatic rings. The molecule has 0 aliphatic heterocycles. The SMILES string of the molecule is CN(C)S(=O)(=O)c1ccccc1CNS(=O)(=O)c1cccs1. The second-order valence-corrected chi connectivity index (χ2v) is 9.71. The molecule has 0 unspecified atom stereocenters. The van der Waals surface area contributed by atoms with E-state index in [1.165, 1.54) is 26.2 Å². The predicted molar refractivity (Wildman–Crippen MR) is 85.7 cm³/mol. The molecule has 0 atom stereocenters. The van der Waals surface area contributed by atoms with Gasteiger partial charge in [-0.2, -0.15) is 0 Å². The van der Waals surface area contributed by atoms with E-state index in [4.69, 9.17) is 0 Å². The van der Waals surface area contributed by atoms with Gasteiger partial charge in [-0.15, -0.1) is 11.3 Å². The van der Waals surface area contributed by atoms with Crippen LogP contribution in [0, 0.1) is 0 Å². The van der Waals surface area contributed by atoms with Crippen LogP contribution in [0.5, 0.6) is 0 Å². The lowest BCUT2D eigenvalue weighted by atomic mass is 10.2. The van der Waals surface area contributed by atoms with E-state index in [-0.39, 0.29) is 15.6 Å². The Balaban J connectivity index is 2.29. The molecule has 0 aliphatic carbocycles. The van der Waals surface area contributed by atoms with Gasteiger partial charge in [-0.05, 0) is 23.1 Å². The number of rotatable bonds is 6. The average molecular weight is 360 g/mol. The molecule has 9 heteroatoms. The maximum Gasteiger partial charge on any atom is 0.250 e. The first-order valence-corrected chi connectivity index (χ1v) is 10.1. The second-order valence-electron chi connectivity index (χ2n) is 4.65. The van der Waals surface area contributed by atoms with Crippen LogP contribution in [0.25, 0.3) is 0 Å². The van der Waals surface area contributed by atoms with Crippen LogP contribution in [0.1, 0.15) is 5.56 Å². The van der Waals surface area contributed by atoms with Crippen molar-refractivity contribution in [1.29, 1.82) is 0 Å². The van der Waals surface area contributed by atoms with Crippen molar-refractivity contribution in [3.05, 3.63) is 47.3 Å². The van der Waals surface area contributed by atoms with Crippen LogP contribution in [-0.2, 0) is 26.6 Å². The minimum atomic E-state index is -3.64. The largest absolute Gasteiger partial charge is 0.250 e. The van der Waals surface area contributed by atoms with Crippen LogP contribution in [-0.4, -0.2) is 35.2 Å². The normalized spacial score (nSPS) is 12.7. The van der Waals surface area contributed by atoms with Crippen LogP contribution in [0.2, 0.25) is 0 Å². The highest BCUT2D eigenvalue weighted by Crippen LogP contribution is 2.20. The number of nitrogens with one attached hydrogen (secondary N) is 1. The number of sulfonamides is 2. The third-order valence-corrected chi connectivity index (χ3v) is 7.66. The highest BCUT2D eigenvalue weighted by molar-refractivity contribution is 7.91. The Morgan fingerprint density at radius 2 is 1.73 bits per heavy atom. The summed E-state index contributed by atoms with van der Waals surface area (Å²) in [5, 5.41) is 1.67. The molecule has 22 heavy (non-hydrogen) atoms. The topological polar surface area (TPSA) is 83.6 Å². The number of benzene rings is 1. The minimum absolute atomic E-state index is 0.0916. The van der Waals surface area contributed by atoms with E-state index in [1.54, 1.807) is 29.6 Å². The van der Waals surface area contributed by atoms with Crippen LogP contribution < -0.4 is 4.72 Å². The van der Waals surface area contributed by atoms with Crippen LogP contribution in [0.15, 0.2) is 50.9 Å². The smallest absolute Gasteiger partial charge is 0.207 e. The highest BCUT2D eigenvalue weighted by atomic mass is 32.2. The summed E-state index contributed by atoms with van der Waals surface area (Å²) in [6.45, 7) is -0.0938. The van der Waals surface area contributed by atoms with Gasteiger partial charge in [0, 0.05) is 20.6 Å². The van der Waals surface area contributed by atoms with E-state index >= 15 is 0 Å². The van der Waals surface area contributed by atoms with Gasteiger partial charge in [-0.25, -0.2) is 25.9 Å². The summed E-state index contributed by atoms with van der Waals surface area (Å²) in [5.41, 5.74) is 0.399. The van der Waals surface area contributed by atoms with Crippen molar-refractivity contribution in [2.75, 3.05) is 14.1 Å². The zero-order valence-electron chi connectivity index (χ0n) is 12.1. The van der Waals surface area contributed by atoms with E-state index in [2.05, 4.69) is 4.72 Å². The van der Waals surface area contributed by atoms with Gasteiger partial charge in [0.05, 0.1) is 4.90 Å². The fraction of sp³-hybridized carbons (Fsp3) is 0.231. The molecular formula is C13H16N2O4S3. The van der Waals surface area contributed by atoms with Crippen molar-refractivity contribution in [1.82, 2.24) is 9.03 Å². The average Bonchev–Trinajstić information content (AvgIpc) is 3.00. The molecule has 0 saturated carbocycles. The third kappa shape index (κ3) is 3.55. The van der Waals surface area contributed by atoms with E-state index in [0.29, 0.717) is 5.56 Å². The van der Waals surface area contributed by atoms with Gasteiger partial charge in [-0.1, -0.05) is 24.3 Å². The molecule has 2 rings (SSSR count). The number of thiophene rings is 1. The summed E-state index contributed by atoms with van der Waals surface area (Å²) in [5.74, 6) is 0. The molecule has 2 aromatic rings. The first-order chi connectivity index (χ1) is 10.2. The lowest BCUT2D eigenvalue weighted by Crippen LogP contribution is -2.26. The first-order valence-electron chi connectivity index (χ1n) is 6.29. The van der Waals surface area contributed by atoms with Crippen molar-refractivity contribution in [3.8, 4) is 0 Å². The molecule has 0 amide bonds. The van der Waals surface area contributed by atoms with E-state index < -0.39 is 20.0 Å². The Hall–Kier alpha value is -1.26. The molecule has 0 saturated heterocycles. The highest BCUT2D eigenvalue weighted by Gasteiger charge is 2.22. The van der Waals surface area contributed by atoms with E-state index in [9.17, 15) is 16.8 Å². The molecular weight excluding hydrogens is 344 g/mol. The molecule has 120 valence electrons. The van der Waals surface area contributed by atoms with Crippen LogP contribution >= 0.6 is 11.3 Å². The Morgan fingerprint density at radius 3 is 2.32 bits per heavy atom. The predicted octanol–water partition coefficient (Wildman–Crippen LogP) is 1.48. The lowest BCUT2D eigenvalue weighted by Gasteiger charge is -2.15. The summed E-state index contributed by atoms with van der Waals surface area (Å²) in [7, 11) is -4.40. The third-order valence-electron chi connectivity index (χ3n) is 2.94. The fourth-order valence-corrected chi connectivity index (χ4v) is 4.92. The summed E-state index contributed by atoms with van der Waals surface area (Å²) in [4.78, 5) is 0.0916. The van der Waals surface area contributed by atoms with Crippen LogP contribution in [0.4, 0.5) is 0 Å². The molecule has 0 fully saturated rings. The summed E-state index contributed by atoms with van der Waals surface area (Å²) < 4.78 is 52.4. The number of hydrogen-bond acceptors (Lipinski definition) is 5. The van der Waals surface area contributed by atoms with Crippen molar-refractivity contribution in [2.45, 2.75) is 15.6 Å². The van der Waals surface area contributed by atoms with Crippen molar-refractivity contribution < 1.29 is 16.8 Å². The molecule has 0 spiro atoms. The Labute approximate surface area is 134 Å². The molecule has 1 N–H and O–H groups in total. The Morgan fingerprint density at radius 1 is 1.05 bits per heavy atom.